The van der Waals surface area contributed by atoms with Crippen molar-refractivity contribution in [3.63, 3.8) is 0 Å². The summed E-state index contributed by atoms with van der Waals surface area (Å²) in [6.45, 7) is 2.85. The summed E-state index contributed by atoms with van der Waals surface area (Å²) in [6, 6.07) is 5.24. The lowest BCUT2D eigenvalue weighted by Crippen LogP contribution is -2.26. The van der Waals surface area contributed by atoms with Crippen molar-refractivity contribution in [1.82, 2.24) is 5.32 Å². The molecule has 0 radical (unpaired) electrons. The minimum atomic E-state index is -0.369. The first kappa shape index (κ1) is 11.5. The molecule has 16 heavy (non-hydrogen) atoms. The van der Waals surface area contributed by atoms with Crippen molar-refractivity contribution in [1.29, 1.82) is 0 Å². The molecule has 0 atom stereocenters. The highest BCUT2D eigenvalue weighted by atomic mass is 79.9. The second-order valence-corrected chi connectivity index (χ2v) is 5.31. The molecule has 0 unspecified atom stereocenters. The number of benzene rings is 1. The Kier molecular flexibility index (Phi) is 2.99. The van der Waals surface area contributed by atoms with Crippen LogP contribution in [0.1, 0.15) is 25.3 Å². The van der Waals surface area contributed by atoms with E-state index in [0.29, 0.717) is 11.0 Å². The van der Waals surface area contributed by atoms with Gasteiger partial charge in [-0.3, -0.25) is 10.1 Å². The maximum absolute atomic E-state index is 10.7. The molecule has 86 valence electrons. The molecule has 2 rings (SSSR count). The van der Waals surface area contributed by atoms with Crippen LogP contribution in [0.5, 0.6) is 0 Å². The van der Waals surface area contributed by atoms with Crippen molar-refractivity contribution in [3.05, 3.63) is 38.3 Å². The summed E-state index contributed by atoms with van der Waals surface area (Å²) < 4.78 is 0.527. The van der Waals surface area contributed by atoms with Crippen LogP contribution in [0.2, 0.25) is 0 Å². The molecule has 1 aliphatic carbocycles. The lowest BCUT2D eigenvalue weighted by Gasteiger charge is -2.11. The Morgan fingerprint density at radius 2 is 2.25 bits per heavy atom. The van der Waals surface area contributed by atoms with Crippen LogP contribution >= 0.6 is 15.9 Å². The zero-order valence-corrected chi connectivity index (χ0v) is 10.6. The third-order valence-electron chi connectivity index (χ3n) is 2.93. The normalized spacial score (nSPS) is 17.1. The fourth-order valence-electron chi connectivity index (χ4n) is 1.49. The van der Waals surface area contributed by atoms with Gasteiger partial charge in [-0.05, 0) is 47.3 Å². The quantitative estimate of drug-likeness (QED) is 0.683. The van der Waals surface area contributed by atoms with Gasteiger partial charge in [0.05, 0.1) is 9.40 Å². The van der Waals surface area contributed by atoms with Crippen molar-refractivity contribution < 1.29 is 4.92 Å². The summed E-state index contributed by atoms with van der Waals surface area (Å²) in [4.78, 5) is 10.4. The van der Waals surface area contributed by atoms with E-state index in [2.05, 4.69) is 28.2 Å². The second-order valence-electron chi connectivity index (χ2n) is 4.46. The summed E-state index contributed by atoms with van der Waals surface area (Å²) in [5.41, 5.74) is 1.32. The second kappa shape index (κ2) is 4.14. The van der Waals surface area contributed by atoms with E-state index in [4.69, 9.17) is 0 Å². The summed E-state index contributed by atoms with van der Waals surface area (Å²) >= 11 is 3.17. The molecule has 4 nitrogen and oxygen atoms in total. The molecule has 1 N–H and O–H groups in total. The van der Waals surface area contributed by atoms with Crippen LogP contribution in [-0.4, -0.2) is 10.5 Å². The molecule has 1 saturated carbocycles. The number of halogens is 1. The summed E-state index contributed by atoms with van der Waals surface area (Å²) in [7, 11) is 0. The first-order valence-electron chi connectivity index (χ1n) is 5.18. The summed E-state index contributed by atoms with van der Waals surface area (Å²) in [5, 5.41) is 14.1. The number of hydrogen-bond donors (Lipinski definition) is 1. The van der Waals surface area contributed by atoms with E-state index in [9.17, 15) is 10.1 Å². The minimum absolute atomic E-state index is 0.125. The predicted octanol–water partition coefficient (Wildman–Crippen LogP) is 3.00. The van der Waals surface area contributed by atoms with Gasteiger partial charge in [0.25, 0.3) is 5.69 Å². The topological polar surface area (TPSA) is 55.2 Å². The van der Waals surface area contributed by atoms with Crippen molar-refractivity contribution >= 4 is 21.6 Å². The van der Waals surface area contributed by atoms with Crippen LogP contribution in [0.15, 0.2) is 22.7 Å². The number of rotatable bonds is 4. The standard InChI is InChI=1S/C11H13BrN2O2/c1-11(4-5-11)13-7-8-2-3-9(12)10(6-8)14(15)16/h2-3,6,13H,4-5,7H2,1H3. The minimum Gasteiger partial charge on any atom is -0.307 e. The van der Waals surface area contributed by atoms with Gasteiger partial charge in [0.2, 0.25) is 0 Å². The van der Waals surface area contributed by atoms with Crippen LogP contribution in [0.4, 0.5) is 5.69 Å². The fraction of sp³-hybridized carbons (Fsp3) is 0.455. The molecule has 0 heterocycles. The Morgan fingerprint density at radius 1 is 1.56 bits per heavy atom. The highest BCUT2D eigenvalue weighted by molar-refractivity contribution is 9.10. The van der Waals surface area contributed by atoms with Gasteiger partial charge in [-0.15, -0.1) is 0 Å². The Labute approximate surface area is 102 Å². The number of nitrogens with zero attached hydrogens (tertiary/aromatic N) is 1. The average molecular weight is 285 g/mol. The van der Waals surface area contributed by atoms with E-state index < -0.39 is 0 Å². The van der Waals surface area contributed by atoms with Crippen LogP contribution in [-0.2, 0) is 6.54 Å². The SMILES string of the molecule is CC1(NCc2ccc(Br)c([N+](=O)[O-])c2)CC1. The van der Waals surface area contributed by atoms with Crippen LogP contribution < -0.4 is 5.32 Å². The molecule has 0 amide bonds. The third kappa shape index (κ3) is 2.59. The van der Waals surface area contributed by atoms with Gasteiger partial charge < -0.3 is 5.32 Å². The third-order valence-corrected chi connectivity index (χ3v) is 3.60. The number of nitro groups is 1. The predicted molar refractivity (Wildman–Crippen MR) is 65.3 cm³/mol. The lowest BCUT2D eigenvalue weighted by atomic mass is 10.2. The first-order valence-corrected chi connectivity index (χ1v) is 5.97. The highest BCUT2D eigenvalue weighted by Crippen LogP contribution is 2.34. The van der Waals surface area contributed by atoms with E-state index in [-0.39, 0.29) is 16.1 Å². The maximum atomic E-state index is 10.7. The molecule has 0 spiro atoms. The zero-order chi connectivity index (χ0) is 11.8. The van der Waals surface area contributed by atoms with Crippen molar-refractivity contribution in [2.75, 3.05) is 0 Å². The monoisotopic (exact) mass is 284 g/mol. The Bertz CT molecular complexity index is 430. The zero-order valence-electron chi connectivity index (χ0n) is 9.00. The van der Waals surface area contributed by atoms with E-state index in [1.807, 2.05) is 6.07 Å². The summed E-state index contributed by atoms with van der Waals surface area (Å²) in [5.74, 6) is 0. The van der Waals surface area contributed by atoms with Gasteiger partial charge in [0.1, 0.15) is 0 Å². The molecule has 1 aromatic rings. The number of nitrogens with one attached hydrogen (secondary N) is 1. The van der Waals surface area contributed by atoms with Crippen LogP contribution in [0.25, 0.3) is 0 Å². The van der Waals surface area contributed by atoms with Gasteiger partial charge in [0, 0.05) is 18.2 Å². The van der Waals surface area contributed by atoms with E-state index in [1.165, 1.54) is 12.8 Å². The Hall–Kier alpha value is -0.940. The molecule has 1 aromatic carbocycles. The number of hydrogen-bond acceptors (Lipinski definition) is 3. The number of nitro benzene ring substituents is 1. The smallest absolute Gasteiger partial charge is 0.283 e. The van der Waals surface area contributed by atoms with Crippen LogP contribution in [0.3, 0.4) is 0 Å². The lowest BCUT2D eigenvalue weighted by molar-refractivity contribution is -0.385. The molecule has 0 bridgehead atoms. The molecule has 0 aromatic heterocycles. The maximum Gasteiger partial charge on any atom is 0.283 e. The van der Waals surface area contributed by atoms with Crippen molar-refractivity contribution in [2.45, 2.75) is 31.8 Å². The van der Waals surface area contributed by atoms with E-state index in [0.717, 1.165) is 5.56 Å². The molecule has 1 fully saturated rings. The van der Waals surface area contributed by atoms with Crippen molar-refractivity contribution in [3.8, 4) is 0 Å². The van der Waals surface area contributed by atoms with Crippen LogP contribution in [0, 0.1) is 10.1 Å². The average Bonchev–Trinajstić information content (AvgIpc) is 2.96. The molecule has 1 aliphatic rings. The van der Waals surface area contributed by atoms with Gasteiger partial charge in [-0.2, -0.15) is 0 Å². The molecule has 5 heteroatoms. The van der Waals surface area contributed by atoms with E-state index >= 15 is 0 Å². The van der Waals surface area contributed by atoms with E-state index in [1.54, 1.807) is 12.1 Å². The van der Waals surface area contributed by atoms with Crippen molar-refractivity contribution in [2.24, 2.45) is 0 Å². The highest BCUT2D eigenvalue weighted by Gasteiger charge is 2.36. The van der Waals surface area contributed by atoms with Gasteiger partial charge in [0.15, 0.2) is 0 Å². The largest absolute Gasteiger partial charge is 0.307 e. The fourth-order valence-corrected chi connectivity index (χ4v) is 1.88. The molecule has 0 aliphatic heterocycles. The van der Waals surface area contributed by atoms with Gasteiger partial charge in [-0.1, -0.05) is 6.07 Å². The van der Waals surface area contributed by atoms with Gasteiger partial charge >= 0.3 is 0 Å². The molecular weight excluding hydrogens is 272 g/mol. The van der Waals surface area contributed by atoms with Gasteiger partial charge in [-0.25, -0.2) is 0 Å². The Balaban J connectivity index is 2.09. The Morgan fingerprint density at radius 3 is 2.81 bits per heavy atom. The first-order chi connectivity index (χ1) is 7.50. The summed E-state index contributed by atoms with van der Waals surface area (Å²) in [6.07, 6.45) is 2.37. The molecule has 0 saturated heterocycles. The molecular formula is C11H13BrN2O2.